The Bertz CT molecular complexity index is 819. The van der Waals surface area contributed by atoms with Crippen LogP contribution in [0.1, 0.15) is 37.4 Å². The molecule has 28 heavy (non-hydrogen) atoms. The summed E-state index contributed by atoms with van der Waals surface area (Å²) < 4.78 is 10.7. The molecule has 0 aromatic heterocycles. The second-order valence-corrected chi connectivity index (χ2v) is 6.61. The molecule has 0 bridgehead atoms. The molecular formula is C22H26N2O4. The van der Waals surface area contributed by atoms with Gasteiger partial charge in [-0.2, -0.15) is 0 Å². The number of carbonyl (C=O) groups is 2. The van der Waals surface area contributed by atoms with E-state index in [1.165, 1.54) is 0 Å². The van der Waals surface area contributed by atoms with Crippen LogP contribution in [0.15, 0.2) is 48.5 Å². The molecule has 2 aromatic rings. The predicted octanol–water partition coefficient (Wildman–Crippen LogP) is 3.07. The monoisotopic (exact) mass is 382 g/mol. The smallest absolute Gasteiger partial charge is 0.249 e. The largest absolute Gasteiger partial charge is 0.454 e. The maximum atomic E-state index is 12.9. The van der Waals surface area contributed by atoms with E-state index in [2.05, 4.69) is 5.32 Å². The van der Waals surface area contributed by atoms with Gasteiger partial charge < -0.3 is 19.7 Å². The molecule has 3 rings (SSSR count). The summed E-state index contributed by atoms with van der Waals surface area (Å²) in [5.41, 5.74) is 1.78. The predicted molar refractivity (Wildman–Crippen MR) is 106 cm³/mol. The Kier molecular flexibility index (Phi) is 6.53. The normalized spacial score (nSPS) is 13.1. The molecule has 2 amide bonds. The van der Waals surface area contributed by atoms with Crippen molar-refractivity contribution in [1.82, 2.24) is 10.2 Å². The third-order valence-electron chi connectivity index (χ3n) is 4.84. The van der Waals surface area contributed by atoms with E-state index < -0.39 is 6.04 Å². The van der Waals surface area contributed by atoms with Crippen molar-refractivity contribution in [2.45, 2.75) is 32.7 Å². The number of ether oxygens (including phenoxy) is 2. The fourth-order valence-corrected chi connectivity index (χ4v) is 3.24. The van der Waals surface area contributed by atoms with Gasteiger partial charge in [0.25, 0.3) is 0 Å². The average molecular weight is 382 g/mol. The summed E-state index contributed by atoms with van der Waals surface area (Å²) in [6, 6.07) is 14.4. The number of fused-ring (bicyclic) bond motifs is 1. The summed E-state index contributed by atoms with van der Waals surface area (Å²) in [5, 5.41) is 2.92. The molecule has 0 aliphatic carbocycles. The molecule has 0 saturated carbocycles. The SMILES string of the molecule is CCN(CC)C(=O)C(NC(=O)CCc1ccc2c(c1)OCO2)c1ccccc1. The Morgan fingerprint density at radius 1 is 1.04 bits per heavy atom. The van der Waals surface area contributed by atoms with Crippen LogP contribution in [0, 0.1) is 0 Å². The summed E-state index contributed by atoms with van der Waals surface area (Å²) in [5.74, 6) is 1.18. The molecule has 0 saturated heterocycles. The van der Waals surface area contributed by atoms with E-state index in [4.69, 9.17) is 9.47 Å². The lowest BCUT2D eigenvalue weighted by molar-refractivity contribution is -0.136. The Morgan fingerprint density at radius 3 is 2.46 bits per heavy atom. The Balaban J connectivity index is 1.66. The van der Waals surface area contributed by atoms with Crippen molar-refractivity contribution in [1.29, 1.82) is 0 Å². The van der Waals surface area contributed by atoms with Crippen LogP contribution >= 0.6 is 0 Å². The molecule has 1 N–H and O–H groups in total. The number of amides is 2. The molecule has 1 aliphatic rings. The molecule has 1 heterocycles. The van der Waals surface area contributed by atoms with E-state index in [0.717, 1.165) is 16.9 Å². The summed E-state index contributed by atoms with van der Waals surface area (Å²) in [7, 11) is 0. The minimum absolute atomic E-state index is 0.0902. The van der Waals surface area contributed by atoms with Gasteiger partial charge in [-0.1, -0.05) is 36.4 Å². The van der Waals surface area contributed by atoms with Crippen LogP contribution in [-0.2, 0) is 16.0 Å². The number of rotatable bonds is 8. The second kappa shape index (κ2) is 9.26. The van der Waals surface area contributed by atoms with E-state index in [9.17, 15) is 9.59 Å². The van der Waals surface area contributed by atoms with E-state index >= 15 is 0 Å². The van der Waals surface area contributed by atoms with Crippen LogP contribution in [0.2, 0.25) is 0 Å². The van der Waals surface area contributed by atoms with Gasteiger partial charge in [-0.25, -0.2) is 0 Å². The van der Waals surface area contributed by atoms with Gasteiger partial charge in [-0.3, -0.25) is 9.59 Å². The molecule has 0 fully saturated rings. The summed E-state index contributed by atoms with van der Waals surface area (Å²) >= 11 is 0. The van der Waals surface area contributed by atoms with Gasteiger partial charge in [-0.05, 0) is 43.5 Å². The van der Waals surface area contributed by atoms with Crippen molar-refractivity contribution in [2.75, 3.05) is 19.9 Å². The molecule has 6 nitrogen and oxygen atoms in total. The average Bonchev–Trinajstić information content (AvgIpc) is 3.20. The van der Waals surface area contributed by atoms with Gasteiger partial charge in [0.1, 0.15) is 6.04 Å². The maximum Gasteiger partial charge on any atom is 0.249 e. The third-order valence-corrected chi connectivity index (χ3v) is 4.84. The van der Waals surface area contributed by atoms with Gasteiger partial charge in [0.05, 0.1) is 0 Å². The van der Waals surface area contributed by atoms with Crippen LogP contribution in [0.3, 0.4) is 0 Å². The molecule has 1 aliphatic heterocycles. The zero-order chi connectivity index (χ0) is 19.9. The van der Waals surface area contributed by atoms with Crippen LogP contribution in [0.4, 0.5) is 0 Å². The zero-order valence-electron chi connectivity index (χ0n) is 16.3. The summed E-state index contributed by atoms with van der Waals surface area (Å²) in [6.07, 6.45) is 0.845. The molecule has 148 valence electrons. The lowest BCUT2D eigenvalue weighted by atomic mass is 10.0. The first kappa shape index (κ1) is 19.7. The van der Waals surface area contributed by atoms with Gasteiger partial charge in [0.15, 0.2) is 11.5 Å². The number of carbonyl (C=O) groups excluding carboxylic acids is 2. The maximum absolute atomic E-state index is 12.9. The second-order valence-electron chi connectivity index (χ2n) is 6.61. The highest BCUT2D eigenvalue weighted by molar-refractivity contribution is 5.88. The zero-order valence-corrected chi connectivity index (χ0v) is 16.3. The molecule has 0 spiro atoms. The van der Waals surface area contributed by atoms with E-state index in [1.807, 2.05) is 62.4 Å². The highest BCUT2D eigenvalue weighted by Crippen LogP contribution is 2.32. The van der Waals surface area contributed by atoms with Crippen LogP contribution < -0.4 is 14.8 Å². The van der Waals surface area contributed by atoms with Crippen molar-refractivity contribution >= 4 is 11.8 Å². The van der Waals surface area contributed by atoms with Gasteiger partial charge >= 0.3 is 0 Å². The first-order valence-electron chi connectivity index (χ1n) is 9.64. The molecule has 6 heteroatoms. The quantitative estimate of drug-likeness (QED) is 0.762. The van der Waals surface area contributed by atoms with E-state index in [1.54, 1.807) is 4.90 Å². The fraction of sp³-hybridized carbons (Fsp3) is 0.364. The fourth-order valence-electron chi connectivity index (χ4n) is 3.24. The number of hydrogen-bond acceptors (Lipinski definition) is 4. The number of hydrogen-bond donors (Lipinski definition) is 1. The Morgan fingerprint density at radius 2 is 1.75 bits per heavy atom. The lowest BCUT2D eigenvalue weighted by Gasteiger charge is -2.26. The van der Waals surface area contributed by atoms with Crippen molar-refractivity contribution in [3.63, 3.8) is 0 Å². The Labute approximate surface area is 165 Å². The number of nitrogens with one attached hydrogen (secondary N) is 1. The number of benzene rings is 2. The van der Waals surface area contributed by atoms with Gasteiger partial charge in [0, 0.05) is 19.5 Å². The minimum Gasteiger partial charge on any atom is -0.454 e. The van der Waals surface area contributed by atoms with Crippen molar-refractivity contribution in [3.8, 4) is 11.5 Å². The number of aryl methyl sites for hydroxylation is 1. The van der Waals surface area contributed by atoms with Crippen LogP contribution in [0.5, 0.6) is 11.5 Å². The molecule has 0 radical (unpaired) electrons. The highest BCUT2D eigenvalue weighted by atomic mass is 16.7. The number of nitrogens with zero attached hydrogens (tertiary/aromatic N) is 1. The Hall–Kier alpha value is -3.02. The number of likely N-dealkylation sites (N-methyl/N-ethyl adjacent to an activating group) is 1. The third kappa shape index (κ3) is 4.63. The van der Waals surface area contributed by atoms with E-state index in [0.29, 0.717) is 25.3 Å². The summed E-state index contributed by atoms with van der Waals surface area (Å²) in [4.78, 5) is 27.3. The van der Waals surface area contributed by atoms with E-state index in [-0.39, 0.29) is 25.0 Å². The van der Waals surface area contributed by atoms with Gasteiger partial charge in [-0.15, -0.1) is 0 Å². The molecular weight excluding hydrogens is 356 g/mol. The summed E-state index contributed by atoms with van der Waals surface area (Å²) in [6.45, 7) is 5.30. The first-order valence-corrected chi connectivity index (χ1v) is 9.64. The van der Waals surface area contributed by atoms with Crippen LogP contribution in [0.25, 0.3) is 0 Å². The minimum atomic E-state index is -0.676. The van der Waals surface area contributed by atoms with Gasteiger partial charge in [0.2, 0.25) is 18.6 Å². The van der Waals surface area contributed by atoms with Crippen molar-refractivity contribution in [2.24, 2.45) is 0 Å². The van der Waals surface area contributed by atoms with Crippen LogP contribution in [-0.4, -0.2) is 36.6 Å². The van der Waals surface area contributed by atoms with Crippen molar-refractivity contribution in [3.05, 3.63) is 59.7 Å². The molecule has 2 aromatic carbocycles. The lowest BCUT2D eigenvalue weighted by Crippen LogP contribution is -2.42. The topological polar surface area (TPSA) is 67.9 Å². The standard InChI is InChI=1S/C22H26N2O4/c1-3-24(4-2)22(26)21(17-8-6-5-7-9-17)23-20(25)13-11-16-10-12-18-19(14-16)28-15-27-18/h5-10,12,14,21H,3-4,11,13,15H2,1-2H3,(H,23,25). The molecule has 1 atom stereocenters. The molecule has 1 unspecified atom stereocenters. The highest BCUT2D eigenvalue weighted by Gasteiger charge is 2.26. The van der Waals surface area contributed by atoms with Crippen molar-refractivity contribution < 1.29 is 19.1 Å². The first-order chi connectivity index (χ1) is 13.6.